The highest BCUT2D eigenvalue weighted by atomic mass is 127. The summed E-state index contributed by atoms with van der Waals surface area (Å²) in [4.78, 5) is 19.0. The largest absolute Gasteiger partial charge is 0.382 e. The maximum atomic E-state index is 12.3. The lowest BCUT2D eigenvalue weighted by Gasteiger charge is -2.22. The Labute approximate surface area is 202 Å². The maximum absolute atomic E-state index is 12.3. The van der Waals surface area contributed by atoms with Gasteiger partial charge in [0.15, 0.2) is 5.96 Å². The predicted molar refractivity (Wildman–Crippen MR) is 132 cm³/mol. The monoisotopic (exact) mass is 546 g/mol. The van der Waals surface area contributed by atoms with Crippen molar-refractivity contribution >= 4 is 41.5 Å². The van der Waals surface area contributed by atoms with E-state index < -0.39 is 0 Å². The van der Waals surface area contributed by atoms with Crippen LogP contribution in [0.4, 0.5) is 5.69 Å². The molecular weight excluding hydrogens is 511 g/mol. The van der Waals surface area contributed by atoms with Gasteiger partial charge in [0.25, 0.3) is 5.91 Å². The van der Waals surface area contributed by atoms with Crippen molar-refractivity contribution in [3.05, 3.63) is 29.8 Å². The molecule has 2 aliphatic rings. The van der Waals surface area contributed by atoms with E-state index in [4.69, 9.17) is 14.2 Å². The first-order valence-electron chi connectivity index (χ1n) is 10.7. The van der Waals surface area contributed by atoms with E-state index in [9.17, 15) is 4.79 Å². The summed E-state index contributed by atoms with van der Waals surface area (Å²) in [6.45, 7) is 5.23. The molecule has 2 heterocycles. The third-order valence-corrected chi connectivity index (χ3v) is 5.45. The topological polar surface area (TPSA) is 84.4 Å². The summed E-state index contributed by atoms with van der Waals surface area (Å²) >= 11 is 0. The zero-order chi connectivity index (χ0) is 21.2. The van der Waals surface area contributed by atoms with E-state index in [1.165, 1.54) is 0 Å². The first kappa shape index (κ1) is 25.8. The number of ether oxygens (including phenoxy) is 3. The van der Waals surface area contributed by atoms with Crippen molar-refractivity contribution in [2.24, 2.45) is 10.9 Å². The molecule has 31 heavy (non-hydrogen) atoms. The zero-order valence-electron chi connectivity index (χ0n) is 18.5. The van der Waals surface area contributed by atoms with Gasteiger partial charge in [0, 0.05) is 52.0 Å². The third-order valence-electron chi connectivity index (χ3n) is 5.45. The van der Waals surface area contributed by atoms with Crippen LogP contribution in [0.25, 0.3) is 0 Å². The molecule has 0 radical (unpaired) electrons. The van der Waals surface area contributed by atoms with Gasteiger partial charge >= 0.3 is 0 Å². The highest BCUT2D eigenvalue weighted by Crippen LogP contribution is 2.18. The van der Waals surface area contributed by atoms with Crippen molar-refractivity contribution in [1.82, 2.24) is 10.2 Å². The highest BCUT2D eigenvalue weighted by molar-refractivity contribution is 14.0. The number of nitrogens with one attached hydrogen (secondary N) is 2. The van der Waals surface area contributed by atoms with Crippen molar-refractivity contribution in [3.63, 3.8) is 0 Å². The molecule has 0 aromatic heterocycles. The van der Waals surface area contributed by atoms with Crippen molar-refractivity contribution in [3.8, 4) is 0 Å². The van der Waals surface area contributed by atoms with Crippen molar-refractivity contribution in [2.75, 3.05) is 59.0 Å². The second kappa shape index (κ2) is 13.9. The fourth-order valence-corrected chi connectivity index (χ4v) is 3.83. The van der Waals surface area contributed by atoms with Crippen LogP contribution in [0.15, 0.2) is 29.3 Å². The average molecular weight is 546 g/mol. The van der Waals surface area contributed by atoms with Gasteiger partial charge in [0.1, 0.15) is 6.10 Å². The standard InChI is InChI=1S/C22H34N4O4.HI/c1-23-22(26-9-8-18(15-26)16-29-12-11-28-2)24-14-17-5-3-6-19(13-17)25-21(27)20-7-4-10-30-20;/h3,5-6,13,18,20H,4,7-12,14-16H2,1-2H3,(H,23,24)(H,25,27);1H. The molecule has 174 valence electrons. The van der Waals surface area contributed by atoms with E-state index >= 15 is 0 Å². The molecular formula is C22H35IN4O4. The summed E-state index contributed by atoms with van der Waals surface area (Å²) in [6, 6.07) is 7.88. The third kappa shape index (κ3) is 8.21. The molecule has 2 unspecified atom stereocenters. The number of carbonyl (C=O) groups excluding carboxylic acids is 1. The molecule has 3 rings (SSSR count). The molecule has 2 fully saturated rings. The van der Waals surface area contributed by atoms with Crippen LogP contribution in [0.1, 0.15) is 24.8 Å². The van der Waals surface area contributed by atoms with Gasteiger partial charge in [-0.3, -0.25) is 9.79 Å². The Morgan fingerprint density at radius 1 is 1.32 bits per heavy atom. The van der Waals surface area contributed by atoms with Crippen LogP contribution in [0, 0.1) is 5.92 Å². The molecule has 8 nitrogen and oxygen atoms in total. The van der Waals surface area contributed by atoms with Crippen LogP contribution in [0.3, 0.4) is 0 Å². The lowest BCUT2D eigenvalue weighted by Crippen LogP contribution is -2.39. The average Bonchev–Trinajstić information content (AvgIpc) is 3.45. The number of anilines is 1. The molecule has 2 saturated heterocycles. The summed E-state index contributed by atoms with van der Waals surface area (Å²) in [5, 5.41) is 6.40. The van der Waals surface area contributed by atoms with Crippen LogP contribution in [0.5, 0.6) is 0 Å². The quantitative estimate of drug-likeness (QED) is 0.214. The van der Waals surface area contributed by atoms with Gasteiger partial charge in [0.05, 0.1) is 19.8 Å². The minimum Gasteiger partial charge on any atom is -0.382 e. The van der Waals surface area contributed by atoms with Gasteiger partial charge in [-0.05, 0) is 37.0 Å². The Morgan fingerprint density at radius 3 is 2.94 bits per heavy atom. The summed E-state index contributed by atoms with van der Waals surface area (Å²) in [5.74, 6) is 1.34. The zero-order valence-corrected chi connectivity index (χ0v) is 20.8. The van der Waals surface area contributed by atoms with Crippen LogP contribution in [-0.4, -0.2) is 76.5 Å². The van der Waals surface area contributed by atoms with Crippen LogP contribution in [-0.2, 0) is 25.5 Å². The minimum atomic E-state index is -0.327. The maximum Gasteiger partial charge on any atom is 0.253 e. The van der Waals surface area contributed by atoms with E-state index in [2.05, 4.69) is 20.5 Å². The molecule has 0 spiro atoms. The van der Waals surface area contributed by atoms with Gasteiger partial charge in [-0.25, -0.2) is 0 Å². The number of benzene rings is 1. The SMILES string of the molecule is CN=C(NCc1cccc(NC(=O)C2CCCO2)c1)N1CCC(COCCOC)C1.I. The number of methoxy groups -OCH3 is 1. The van der Waals surface area contributed by atoms with E-state index in [0.29, 0.717) is 32.3 Å². The molecule has 0 saturated carbocycles. The number of nitrogens with zero attached hydrogens (tertiary/aromatic N) is 2. The van der Waals surface area contributed by atoms with Crippen molar-refractivity contribution < 1.29 is 19.0 Å². The summed E-state index contributed by atoms with van der Waals surface area (Å²) in [7, 11) is 3.49. The van der Waals surface area contributed by atoms with Gasteiger partial charge in [-0.15, -0.1) is 24.0 Å². The van der Waals surface area contributed by atoms with Crippen molar-refractivity contribution in [2.45, 2.75) is 31.9 Å². The number of halogens is 1. The first-order chi connectivity index (χ1) is 14.7. The van der Waals surface area contributed by atoms with E-state index in [1.807, 2.05) is 31.3 Å². The molecule has 2 aliphatic heterocycles. The Hall–Kier alpha value is -1.43. The number of likely N-dealkylation sites (tertiary alicyclic amines) is 1. The van der Waals surface area contributed by atoms with Gasteiger partial charge < -0.3 is 29.7 Å². The predicted octanol–water partition coefficient (Wildman–Crippen LogP) is 2.48. The van der Waals surface area contributed by atoms with Gasteiger partial charge in [-0.1, -0.05) is 12.1 Å². The normalized spacial score (nSPS) is 21.1. The molecule has 0 bridgehead atoms. The van der Waals surface area contributed by atoms with Crippen LogP contribution >= 0.6 is 24.0 Å². The number of hydrogen-bond acceptors (Lipinski definition) is 5. The lowest BCUT2D eigenvalue weighted by atomic mass is 10.1. The number of guanidine groups is 1. The number of carbonyl (C=O) groups is 1. The van der Waals surface area contributed by atoms with Crippen LogP contribution in [0.2, 0.25) is 0 Å². The van der Waals surface area contributed by atoms with E-state index in [-0.39, 0.29) is 36.0 Å². The van der Waals surface area contributed by atoms with Crippen LogP contribution < -0.4 is 10.6 Å². The van der Waals surface area contributed by atoms with Gasteiger partial charge in [0.2, 0.25) is 0 Å². The fraction of sp³-hybridized carbons (Fsp3) is 0.636. The Kier molecular flexibility index (Phi) is 11.6. The molecule has 2 N–H and O–H groups in total. The molecule has 1 amide bonds. The molecule has 1 aromatic rings. The van der Waals surface area contributed by atoms with Crippen molar-refractivity contribution in [1.29, 1.82) is 0 Å². The summed E-state index contributed by atoms with van der Waals surface area (Å²) < 4.78 is 16.1. The first-order valence-corrected chi connectivity index (χ1v) is 10.7. The fourth-order valence-electron chi connectivity index (χ4n) is 3.83. The number of aliphatic imine (C=N–C) groups is 1. The lowest BCUT2D eigenvalue weighted by molar-refractivity contribution is -0.124. The second-order valence-electron chi connectivity index (χ2n) is 7.76. The molecule has 2 atom stereocenters. The van der Waals surface area contributed by atoms with E-state index in [0.717, 1.165) is 56.2 Å². The second-order valence-corrected chi connectivity index (χ2v) is 7.76. The number of rotatable bonds is 9. The minimum absolute atomic E-state index is 0. The Bertz CT molecular complexity index is 713. The molecule has 1 aromatic carbocycles. The van der Waals surface area contributed by atoms with E-state index in [1.54, 1.807) is 7.11 Å². The Morgan fingerprint density at radius 2 is 2.19 bits per heavy atom. The summed E-state index contributed by atoms with van der Waals surface area (Å²) in [6.07, 6.45) is 2.50. The highest BCUT2D eigenvalue weighted by Gasteiger charge is 2.25. The molecule has 0 aliphatic carbocycles. The number of hydrogen-bond donors (Lipinski definition) is 2. The molecule has 9 heteroatoms. The summed E-state index contributed by atoms with van der Waals surface area (Å²) in [5.41, 5.74) is 1.87. The van der Waals surface area contributed by atoms with Gasteiger partial charge in [-0.2, -0.15) is 0 Å². The number of amides is 1. The smallest absolute Gasteiger partial charge is 0.253 e. The Balaban J connectivity index is 0.00000341.